The number of likely N-dealkylation sites (N-methyl/N-ethyl adjacent to an activating group) is 1. The van der Waals surface area contributed by atoms with Crippen molar-refractivity contribution in [3.05, 3.63) is 0 Å². The zero-order chi connectivity index (χ0) is 9.14. The Labute approximate surface area is 74.1 Å². The Morgan fingerprint density at radius 3 is 2.58 bits per heavy atom. The molecule has 0 aromatic rings. The SMILES string of the molecule is CC(C)NCC(=O)N(C)C1CC1. The minimum absolute atomic E-state index is 0.214. The van der Waals surface area contributed by atoms with E-state index in [0.29, 0.717) is 18.6 Å². The molecule has 0 aromatic heterocycles. The number of carbonyl (C=O) groups is 1. The first-order valence-corrected chi connectivity index (χ1v) is 4.60. The fraction of sp³-hybridized carbons (Fsp3) is 0.889. The van der Waals surface area contributed by atoms with Gasteiger partial charge in [0.1, 0.15) is 0 Å². The van der Waals surface area contributed by atoms with Crippen LogP contribution < -0.4 is 5.32 Å². The highest BCUT2D eigenvalue weighted by atomic mass is 16.2. The summed E-state index contributed by atoms with van der Waals surface area (Å²) in [7, 11) is 1.89. The number of hydrogen-bond donors (Lipinski definition) is 1. The van der Waals surface area contributed by atoms with Crippen LogP contribution in [-0.4, -0.2) is 36.5 Å². The Hall–Kier alpha value is -0.570. The van der Waals surface area contributed by atoms with Gasteiger partial charge in [0.25, 0.3) is 0 Å². The predicted molar refractivity (Wildman–Crippen MR) is 48.9 cm³/mol. The second-order valence-corrected chi connectivity index (χ2v) is 3.77. The molecule has 0 aromatic carbocycles. The summed E-state index contributed by atoms with van der Waals surface area (Å²) in [6.45, 7) is 4.57. The molecule has 1 aliphatic rings. The Balaban J connectivity index is 2.17. The van der Waals surface area contributed by atoms with Gasteiger partial charge in [-0.1, -0.05) is 13.8 Å². The average molecular weight is 170 g/mol. The molecule has 1 fully saturated rings. The summed E-state index contributed by atoms with van der Waals surface area (Å²) in [6.07, 6.45) is 2.37. The van der Waals surface area contributed by atoms with Gasteiger partial charge in [-0.3, -0.25) is 4.79 Å². The minimum atomic E-state index is 0.214. The van der Waals surface area contributed by atoms with Crippen LogP contribution in [0.25, 0.3) is 0 Å². The van der Waals surface area contributed by atoms with Crippen LogP contribution in [0.4, 0.5) is 0 Å². The van der Waals surface area contributed by atoms with Crippen LogP contribution >= 0.6 is 0 Å². The molecule has 0 radical (unpaired) electrons. The first-order chi connectivity index (χ1) is 5.61. The first-order valence-electron chi connectivity index (χ1n) is 4.60. The lowest BCUT2D eigenvalue weighted by molar-refractivity contribution is -0.129. The van der Waals surface area contributed by atoms with E-state index in [0.717, 1.165) is 0 Å². The van der Waals surface area contributed by atoms with Gasteiger partial charge in [0, 0.05) is 19.1 Å². The van der Waals surface area contributed by atoms with Crippen LogP contribution in [0, 0.1) is 0 Å². The van der Waals surface area contributed by atoms with Crippen molar-refractivity contribution >= 4 is 5.91 Å². The summed E-state index contributed by atoms with van der Waals surface area (Å²) in [6, 6.07) is 0.924. The number of rotatable bonds is 4. The molecule has 1 saturated carbocycles. The fourth-order valence-electron chi connectivity index (χ4n) is 1.08. The molecule has 0 heterocycles. The quantitative estimate of drug-likeness (QED) is 0.670. The van der Waals surface area contributed by atoms with Crippen molar-refractivity contribution in [3.8, 4) is 0 Å². The molecule has 3 heteroatoms. The molecule has 12 heavy (non-hydrogen) atoms. The Bertz CT molecular complexity index is 164. The van der Waals surface area contributed by atoms with E-state index in [1.54, 1.807) is 0 Å². The molecule has 1 N–H and O–H groups in total. The van der Waals surface area contributed by atoms with E-state index >= 15 is 0 Å². The molecule has 0 unspecified atom stereocenters. The summed E-state index contributed by atoms with van der Waals surface area (Å²) in [5.41, 5.74) is 0. The van der Waals surface area contributed by atoms with Gasteiger partial charge >= 0.3 is 0 Å². The third-order valence-electron chi connectivity index (χ3n) is 2.15. The highest BCUT2D eigenvalue weighted by molar-refractivity contribution is 5.78. The molecule has 1 rings (SSSR count). The van der Waals surface area contributed by atoms with Crippen LogP contribution in [0.5, 0.6) is 0 Å². The fourth-order valence-corrected chi connectivity index (χ4v) is 1.08. The van der Waals surface area contributed by atoms with Gasteiger partial charge in [-0.15, -0.1) is 0 Å². The average Bonchev–Trinajstić information content (AvgIpc) is 2.80. The molecule has 0 atom stereocenters. The maximum Gasteiger partial charge on any atom is 0.236 e. The van der Waals surface area contributed by atoms with E-state index in [4.69, 9.17) is 0 Å². The van der Waals surface area contributed by atoms with Gasteiger partial charge in [0.2, 0.25) is 5.91 Å². The van der Waals surface area contributed by atoms with Crippen molar-refractivity contribution in [2.45, 2.75) is 38.8 Å². The first kappa shape index (κ1) is 9.52. The summed E-state index contributed by atoms with van der Waals surface area (Å²) in [5, 5.41) is 3.12. The van der Waals surface area contributed by atoms with Crippen LogP contribution in [0.1, 0.15) is 26.7 Å². The number of hydrogen-bond acceptors (Lipinski definition) is 2. The van der Waals surface area contributed by atoms with Gasteiger partial charge in [-0.2, -0.15) is 0 Å². The molecule has 1 amide bonds. The smallest absolute Gasteiger partial charge is 0.236 e. The maximum atomic E-state index is 11.4. The van der Waals surface area contributed by atoms with E-state index in [2.05, 4.69) is 5.32 Å². The molecule has 1 aliphatic carbocycles. The van der Waals surface area contributed by atoms with Crippen molar-refractivity contribution in [3.63, 3.8) is 0 Å². The Kier molecular flexibility index (Phi) is 3.09. The van der Waals surface area contributed by atoms with E-state index < -0.39 is 0 Å². The van der Waals surface area contributed by atoms with Gasteiger partial charge in [0.05, 0.1) is 6.54 Å². The molecule has 0 spiro atoms. The summed E-state index contributed by atoms with van der Waals surface area (Å²) < 4.78 is 0. The topological polar surface area (TPSA) is 32.3 Å². The van der Waals surface area contributed by atoms with Gasteiger partial charge in [0.15, 0.2) is 0 Å². The summed E-state index contributed by atoms with van der Waals surface area (Å²) in [4.78, 5) is 13.2. The lowest BCUT2D eigenvalue weighted by atomic mass is 10.4. The van der Waals surface area contributed by atoms with Gasteiger partial charge < -0.3 is 10.2 Å². The number of amides is 1. The van der Waals surface area contributed by atoms with Crippen LogP contribution in [0.2, 0.25) is 0 Å². The Morgan fingerprint density at radius 1 is 1.58 bits per heavy atom. The third kappa shape index (κ3) is 2.81. The van der Waals surface area contributed by atoms with E-state index in [1.807, 2.05) is 25.8 Å². The Morgan fingerprint density at radius 2 is 2.17 bits per heavy atom. The van der Waals surface area contributed by atoms with Crippen molar-refractivity contribution in [2.24, 2.45) is 0 Å². The van der Waals surface area contributed by atoms with Crippen molar-refractivity contribution in [1.82, 2.24) is 10.2 Å². The predicted octanol–water partition coefficient (Wildman–Crippen LogP) is 0.605. The number of nitrogens with one attached hydrogen (secondary N) is 1. The van der Waals surface area contributed by atoms with Crippen LogP contribution in [0.3, 0.4) is 0 Å². The van der Waals surface area contributed by atoms with Crippen molar-refractivity contribution in [2.75, 3.05) is 13.6 Å². The minimum Gasteiger partial charge on any atom is -0.342 e. The van der Waals surface area contributed by atoms with E-state index in [9.17, 15) is 4.79 Å². The normalized spacial score (nSPS) is 16.7. The monoisotopic (exact) mass is 170 g/mol. The van der Waals surface area contributed by atoms with Crippen molar-refractivity contribution in [1.29, 1.82) is 0 Å². The van der Waals surface area contributed by atoms with Crippen molar-refractivity contribution < 1.29 is 4.79 Å². The highest BCUT2D eigenvalue weighted by Crippen LogP contribution is 2.24. The largest absolute Gasteiger partial charge is 0.342 e. The summed E-state index contributed by atoms with van der Waals surface area (Å²) in [5.74, 6) is 0.214. The number of carbonyl (C=O) groups excluding carboxylic acids is 1. The van der Waals surface area contributed by atoms with Gasteiger partial charge in [-0.25, -0.2) is 0 Å². The van der Waals surface area contributed by atoms with Crippen LogP contribution in [0.15, 0.2) is 0 Å². The molecule has 70 valence electrons. The lowest BCUT2D eigenvalue weighted by Crippen LogP contribution is -2.39. The highest BCUT2D eigenvalue weighted by Gasteiger charge is 2.28. The third-order valence-corrected chi connectivity index (χ3v) is 2.15. The molecule has 0 saturated heterocycles. The number of nitrogens with zero attached hydrogens (tertiary/aromatic N) is 1. The molecule has 0 bridgehead atoms. The molecular formula is C9H18N2O. The zero-order valence-corrected chi connectivity index (χ0v) is 8.13. The van der Waals surface area contributed by atoms with E-state index in [1.165, 1.54) is 12.8 Å². The summed E-state index contributed by atoms with van der Waals surface area (Å²) >= 11 is 0. The maximum absolute atomic E-state index is 11.4. The molecular weight excluding hydrogens is 152 g/mol. The van der Waals surface area contributed by atoms with Gasteiger partial charge in [-0.05, 0) is 12.8 Å². The lowest BCUT2D eigenvalue weighted by Gasteiger charge is -2.17. The second kappa shape index (κ2) is 3.90. The van der Waals surface area contributed by atoms with Crippen LogP contribution in [-0.2, 0) is 4.79 Å². The molecule has 3 nitrogen and oxygen atoms in total. The second-order valence-electron chi connectivity index (χ2n) is 3.77. The standard InChI is InChI=1S/C9H18N2O/c1-7(2)10-6-9(12)11(3)8-4-5-8/h7-8,10H,4-6H2,1-3H3. The van der Waals surface area contributed by atoms with E-state index in [-0.39, 0.29) is 5.91 Å². The zero-order valence-electron chi connectivity index (χ0n) is 8.13. The molecule has 0 aliphatic heterocycles.